The summed E-state index contributed by atoms with van der Waals surface area (Å²) in [5.74, 6) is 1.96. The minimum Gasteiger partial charge on any atom is -0.443 e. The Kier molecular flexibility index (Phi) is 7.82. The van der Waals surface area contributed by atoms with Gasteiger partial charge < -0.3 is 34.3 Å². The van der Waals surface area contributed by atoms with Gasteiger partial charge in [-0.05, 0) is 103 Å². The van der Waals surface area contributed by atoms with Crippen molar-refractivity contribution in [2.24, 2.45) is 56.7 Å². The topological polar surface area (TPSA) is 89.5 Å². The minimum absolute atomic E-state index is 0.0167. The molecule has 5 aliphatic carbocycles. The van der Waals surface area contributed by atoms with Crippen LogP contribution < -0.4 is 5.32 Å². The predicted octanol–water partition coefficient (Wildman–Crippen LogP) is 5.85. The molecule has 7 rings (SSSR count). The third-order valence-electron chi connectivity index (χ3n) is 15.6. The Bertz CT molecular complexity index is 1160. The molecular weight excluding hydrogens is 568 g/mol. The number of hydrogen-bond acceptors (Lipinski definition) is 7. The Labute approximate surface area is 272 Å². The van der Waals surface area contributed by atoms with Crippen LogP contribution in [0.1, 0.15) is 99.8 Å². The maximum Gasteiger partial charge on any atom is 0.409 e. The second-order valence-electron chi connectivity index (χ2n) is 18.2. The molecule has 7 fully saturated rings. The van der Waals surface area contributed by atoms with Crippen LogP contribution >= 0.6 is 0 Å². The van der Waals surface area contributed by atoms with Crippen molar-refractivity contribution in [3.8, 4) is 0 Å². The van der Waals surface area contributed by atoms with Crippen molar-refractivity contribution < 1.29 is 28.8 Å². The van der Waals surface area contributed by atoms with Crippen LogP contribution in [0, 0.1) is 56.7 Å². The molecule has 2 aliphatic heterocycles. The number of aliphatic hydroxyl groups is 1. The molecule has 2 spiro atoms. The normalized spacial score (nSPS) is 52.0. The number of rotatable bonds is 5. The highest BCUT2D eigenvalue weighted by Crippen LogP contribution is 2.89. The second-order valence-corrected chi connectivity index (χ2v) is 18.2. The highest BCUT2D eigenvalue weighted by Gasteiger charge is 2.84. The van der Waals surface area contributed by atoms with Crippen LogP contribution in [0.4, 0.5) is 4.79 Å². The zero-order valence-corrected chi connectivity index (χ0v) is 29.6. The van der Waals surface area contributed by atoms with Gasteiger partial charge in [-0.2, -0.15) is 0 Å². The number of nitrogens with one attached hydrogen (secondary N) is 1. The van der Waals surface area contributed by atoms with Crippen LogP contribution in [0.25, 0.3) is 0 Å². The first-order valence-corrected chi connectivity index (χ1v) is 18.3. The van der Waals surface area contributed by atoms with Gasteiger partial charge in [-0.1, -0.05) is 48.5 Å². The Morgan fingerprint density at radius 2 is 1.73 bits per heavy atom. The molecule has 2 heterocycles. The molecule has 2 saturated heterocycles. The number of amides is 1. The summed E-state index contributed by atoms with van der Waals surface area (Å²) in [4.78, 5) is 14.1. The summed E-state index contributed by atoms with van der Waals surface area (Å²) in [7, 11) is 3.46. The molecule has 0 bridgehead atoms. The summed E-state index contributed by atoms with van der Waals surface area (Å²) in [6, 6.07) is 0. The van der Waals surface area contributed by atoms with Crippen molar-refractivity contribution >= 4 is 6.09 Å². The Morgan fingerprint density at radius 1 is 1.02 bits per heavy atom. The van der Waals surface area contributed by atoms with E-state index in [0.717, 1.165) is 39.0 Å². The number of ether oxygens (including phenoxy) is 4. The summed E-state index contributed by atoms with van der Waals surface area (Å²) in [5, 5.41) is 16.0. The van der Waals surface area contributed by atoms with E-state index in [9.17, 15) is 9.90 Å². The lowest BCUT2D eigenvalue weighted by atomic mass is 9.41. The van der Waals surface area contributed by atoms with Crippen molar-refractivity contribution in [3.63, 3.8) is 0 Å². The number of carbonyl (C=O) groups is 1. The largest absolute Gasteiger partial charge is 0.443 e. The fraction of sp³-hybridized carbons (Fsp3) is 0.973. The van der Waals surface area contributed by atoms with E-state index >= 15 is 0 Å². The van der Waals surface area contributed by atoms with E-state index in [0.29, 0.717) is 34.5 Å². The van der Waals surface area contributed by atoms with Crippen molar-refractivity contribution in [2.75, 3.05) is 33.8 Å². The number of nitrogens with zero attached hydrogens (tertiary/aromatic N) is 1. The van der Waals surface area contributed by atoms with Crippen LogP contribution in [0.5, 0.6) is 0 Å². The molecule has 2 N–H and O–H groups in total. The Morgan fingerprint density at radius 3 is 2.40 bits per heavy atom. The molecule has 1 amide bonds. The van der Waals surface area contributed by atoms with Gasteiger partial charge >= 0.3 is 6.09 Å². The van der Waals surface area contributed by atoms with Gasteiger partial charge in [0.25, 0.3) is 0 Å². The van der Waals surface area contributed by atoms with E-state index in [-0.39, 0.29) is 59.0 Å². The summed E-state index contributed by atoms with van der Waals surface area (Å²) in [5.41, 5.74) is 0.584. The molecule has 0 aromatic heterocycles. The lowest BCUT2D eigenvalue weighted by Gasteiger charge is -2.63. The van der Waals surface area contributed by atoms with Crippen LogP contribution in [0.15, 0.2) is 0 Å². The lowest BCUT2D eigenvalue weighted by Crippen LogP contribution is -2.60. The third-order valence-corrected chi connectivity index (χ3v) is 15.6. The maximum atomic E-state index is 12.6. The monoisotopic (exact) mass is 630 g/mol. The first-order valence-electron chi connectivity index (χ1n) is 18.3. The average Bonchev–Trinajstić information content (AvgIpc) is 3.62. The summed E-state index contributed by atoms with van der Waals surface area (Å²) in [6.07, 6.45) is 7.83. The second kappa shape index (κ2) is 10.8. The SMILES string of the molecule is CC(C)[C@@H](OC(=O)N(C)C)[C@H]1C[C@@H](C)[C@H]2[C@H](O1)[C@H](O)[C@@]1(C)[C@@H]3CC[C@H]4C(C)(C)C(O[C@H]5CNCCO5)CCC45C[C@@]35CC[C@]21C. The van der Waals surface area contributed by atoms with Crippen LogP contribution in [0.2, 0.25) is 0 Å². The fourth-order valence-electron chi connectivity index (χ4n) is 13.4. The van der Waals surface area contributed by atoms with Gasteiger partial charge in [-0.3, -0.25) is 0 Å². The molecule has 0 aromatic rings. The molecule has 256 valence electrons. The molecule has 0 aromatic carbocycles. The molecule has 0 radical (unpaired) electrons. The third kappa shape index (κ3) is 4.36. The summed E-state index contributed by atoms with van der Waals surface area (Å²) < 4.78 is 25.7. The van der Waals surface area contributed by atoms with Crippen LogP contribution in [-0.4, -0.2) is 86.7 Å². The number of carbonyl (C=O) groups excluding carboxylic acids is 1. The van der Waals surface area contributed by atoms with E-state index in [2.05, 4.69) is 53.8 Å². The zero-order chi connectivity index (χ0) is 32.3. The van der Waals surface area contributed by atoms with Gasteiger partial charge in [0.1, 0.15) is 6.10 Å². The van der Waals surface area contributed by atoms with E-state index in [1.54, 1.807) is 14.1 Å². The smallest absolute Gasteiger partial charge is 0.409 e. The highest BCUT2D eigenvalue weighted by molar-refractivity contribution is 5.67. The maximum absolute atomic E-state index is 12.6. The number of aliphatic hydroxyl groups excluding tert-OH is 1. The molecule has 8 nitrogen and oxygen atoms in total. The predicted molar refractivity (Wildman–Crippen MR) is 172 cm³/mol. The first kappa shape index (κ1) is 32.6. The quantitative estimate of drug-likeness (QED) is 0.394. The number of hydrogen-bond donors (Lipinski definition) is 2. The van der Waals surface area contributed by atoms with Gasteiger partial charge in [0.05, 0.1) is 31.0 Å². The van der Waals surface area contributed by atoms with E-state index in [1.165, 1.54) is 37.0 Å². The molecule has 5 saturated carbocycles. The summed E-state index contributed by atoms with van der Waals surface area (Å²) >= 11 is 0. The van der Waals surface area contributed by atoms with E-state index in [1.807, 2.05) is 0 Å². The molecule has 45 heavy (non-hydrogen) atoms. The van der Waals surface area contributed by atoms with Gasteiger partial charge in [-0.25, -0.2) is 4.79 Å². The summed E-state index contributed by atoms with van der Waals surface area (Å²) in [6.45, 7) is 18.9. The van der Waals surface area contributed by atoms with E-state index < -0.39 is 6.10 Å². The number of fused-ring (bicyclic) bond motifs is 4. The molecular formula is C37H62N2O6. The Balaban J connectivity index is 1.14. The zero-order valence-electron chi connectivity index (χ0n) is 29.6. The standard InChI is InChI=1S/C37H62N2O6/c1-21(2)29(45-32(41)39(8)9)23-18-22(3)28-30(43-23)31(40)35(7)25-11-10-24-33(4,5)26(44-27-19-38-16-17-42-27)12-13-36(24)20-37(25,36)15-14-34(28,35)6/h21-31,38,40H,10-20H2,1-9H3/t22-,23-,24+,25+,26?,27+,28+,29-,30+,31+,34-,35-,36?,37+/m1/s1. The van der Waals surface area contributed by atoms with Gasteiger partial charge in [0.2, 0.25) is 0 Å². The molecule has 14 atom stereocenters. The van der Waals surface area contributed by atoms with Crippen LogP contribution in [-0.2, 0) is 18.9 Å². The van der Waals surface area contributed by atoms with Crippen LogP contribution in [0.3, 0.4) is 0 Å². The van der Waals surface area contributed by atoms with E-state index in [4.69, 9.17) is 18.9 Å². The highest BCUT2D eigenvalue weighted by atomic mass is 16.7. The molecule has 7 aliphatic rings. The van der Waals surface area contributed by atoms with Crippen molar-refractivity contribution in [1.29, 1.82) is 0 Å². The minimum atomic E-state index is -0.518. The molecule has 2 unspecified atom stereocenters. The van der Waals surface area contributed by atoms with Gasteiger partial charge in [0, 0.05) is 32.6 Å². The van der Waals surface area contributed by atoms with Crippen molar-refractivity contribution in [1.82, 2.24) is 10.2 Å². The van der Waals surface area contributed by atoms with Gasteiger partial charge in [0.15, 0.2) is 6.29 Å². The Hall–Kier alpha value is -0.930. The number of morpholine rings is 1. The first-order chi connectivity index (χ1) is 21.1. The van der Waals surface area contributed by atoms with Crippen molar-refractivity contribution in [3.05, 3.63) is 0 Å². The lowest BCUT2D eigenvalue weighted by molar-refractivity contribution is -0.237. The molecule has 8 heteroatoms. The fourth-order valence-corrected chi connectivity index (χ4v) is 13.4. The van der Waals surface area contributed by atoms with Gasteiger partial charge in [-0.15, -0.1) is 0 Å². The average molecular weight is 631 g/mol. The van der Waals surface area contributed by atoms with Crippen molar-refractivity contribution in [2.45, 2.75) is 137 Å².